The van der Waals surface area contributed by atoms with E-state index in [9.17, 15) is 18.7 Å². The van der Waals surface area contributed by atoms with E-state index >= 15 is 0 Å². The summed E-state index contributed by atoms with van der Waals surface area (Å²) in [5.74, 6) is -7.79. The number of alkyl halides is 2. The predicted molar refractivity (Wildman–Crippen MR) is 47.7 cm³/mol. The van der Waals surface area contributed by atoms with Crippen LogP contribution in [0.4, 0.5) is 8.78 Å². The van der Waals surface area contributed by atoms with Gasteiger partial charge in [0.25, 0.3) is 0 Å². The molecule has 1 atom stereocenters. The van der Waals surface area contributed by atoms with E-state index in [2.05, 4.69) is 16.4 Å². The highest BCUT2D eigenvalue weighted by Crippen LogP contribution is 2.40. The Morgan fingerprint density at radius 3 is 2.38 bits per heavy atom. The molecule has 92 valence electrons. The summed E-state index contributed by atoms with van der Waals surface area (Å²) in [7, 11) is 0. The van der Waals surface area contributed by atoms with Gasteiger partial charge in [-0.15, -0.1) is 6.58 Å². The fourth-order valence-electron chi connectivity index (χ4n) is 1.54. The molecule has 0 bridgehead atoms. The Kier molecular flexibility index (Phi) is 3.61. The normalized spacial score (nSPS) is 21.7. The summed E-state index contributed by atoms with van der Waals surface area (Å²) in [6, 6.07) is 0. The van der Waals surface area contributed by atoms with Gasteiger partial charge in [0.05, 0.1) is 13.2 Å². The largest absolute Gasteiger partial charge is 0.477 e. The van der Waals surface area contributed by atoms with Crippen molar-refractivity contribution in [1.29, 1.82) is 0 Å². The van der Waals surface area contributed by atoms with E-state index in [1.54, 1.807) is 0 Å². The molecule has 0 spiro atoms. The summed E-state index contributed by atoms with van der Waals surface area (Å²) < 4.78 is 26.9. The molecule has 2 N–H and O–H groups in total. The lowest BCUT2D eigenvalue weighted by atomic mass is 9.80. The van der Waals surface area contributed by atoms with Gasteiger partial charge >= 0.3 is 11.9 Å². The SMILES string of the molecule is C=CCC(O)(C1COOC1)C(F)(F)C(=O)O. The molecule has 1 aliphatic heterocycles. The molecular formula is C9H12F2O5. The van der Waals surface area contributed by atoms with E-state index < -0.39 is 29.8 Å². The Bertz CT molecular complexity index is 288. The third kappa shape index (κ3) is 1.93. The number of aliphatic carboxylic acids is 1. The van der Waals surface area contributed by atoms with Crippen LogP contribution in [0.2, 0.25) is 0 Å². The van der Waals surface area contributed by atoms with Gasteiger partial charge in [0.2, 0.25) is 0 Å². The first-order valence-corrected chi connectivity index (χ1v) is 4.55. The maximum Gasteiger partial charge on any atom is 0.377 e. The van der Waals surface area contributed by atoms with Crippen molar-refractivity contribution in [3.63, 3.8) is 0 Å². The Morgan fingerprint density at radius 2 is 2.00 bits per heavy atom. The first kappa shape index (κ1) is 13.0. The molecule has 1 aliphatic rings. The van der Waals surface area contributed by atoms with Gasteiger partial charge in [0.15, 0.2) is 5.60 Å². The van der Waals surface area contributed by atoms with Crippen molar-refractivity contribution in [2.75, 3.05) is 13.2 Å². The average Bonchev–Trinajstić information content (AvgIpc) is 2.70. The monoisotopic (exact) mass is 238 g/mol. The maximum atomic E-state index is 13.4. The second-order valence-corrected chi connectivity index (χ2v) is 3.56. The molecule has 0 aromatic heterocycles. The molecule has 16 heavy (non-hydrogen) atoms. The van der Waals surface area contributed by atoms with Crippen LogP contribution in [-0.2, 0) is 14.6 Å². The molecule has 7 heteroatoms. The van der Waals surface area contributed by atoms with Crippen LogP contribution in [0, 0.1) is 5.92 Å². The zero-order valence-electron chi connectivity index (χ0n) is 8.36. The van der Waals surface area contributed by atoms with Crippen LogP contribution < -0.4 is 0 Å². The lowest BCUT2D eigenvalue weighted by Gasteiger charge is -2.35. The first-order chi connectivity index (χ1) is 7.36. The van der Waals surface area contributed by atoms with E-state index in [1.807, 2.05) is 0 Å². The Morgan fingerprint density at radius 1 is 1.50 bits per heavy atom. The van der Waals surface area contributed by atoms with Crippen molar-refractivity contribution in [2.45, 2.75) is 17.9 Å². The van der Waals surface area contributed by atoms with Crippen LogP contribution in [0.15, 0.2) is 12.7 Å². The summed E-state index contributed by atoms with van der Waals surface area (Å²) in [6.07, 6.45) is 0.471. The number of carboxylic acid groups (broad SMARTS) is 1. The molecule has 0 aromatic carbocycles. The number of carboxylic acids is 1. The number of halogens is 2. The van der Waals surface area contributed by atoms with Gasteiger partial charge in [-0.2, -0.15) is 8.78 Å². The van der Waals surface area contributed by atoms with Crippen LogP contribution in [0.25, 0.3) is 0 Å². The molecule has 0 saturated carbocycles. The Labute approximate surface area is 90.2 Å². The molecule has 1 heterocycles. The average molecular weight is 238 g/mol. The van der Waals surface area contributed by atoms with E-state index in [4.69, 9.17) is 5.11 Å². The zero-order valence-corrected chi connectivity index (χ0v) is 8.36. The molecule has 1 rings (SSSR count). The highest BCUT2D eigenvalue weighted by Gasteiger charge is 2.62. The standard InChI is InChI=1S/C9H12F2O5/c1-2-3-8(14,6-4-15-16-5-6)9(10,11)7(12)13/h2,6,14H,1,3-5H2,(H,12,13). The number of rotatable bonds is 5. The quantitative estimate of drug-likeness (QED) is 0.541. The summed E-state index contributed by atoms with van der Waals surface area (Å²) in [6.45, 7) is 2.65. The van der Waals surface area contributed by atoms with E-state index in [0.717, 1.165) is 6.08 Å². The third-order valence-corrected chi connectivity index (χ3v) is 2.57. The summed E-state index contributed by atoms with van der Waals surface area (Å²) in [4.78, 5) is 19.3. The summed E-state index contributed by atoms with van der Waals surface area (Å²) in [5.41, 5.74) is -2.75. The van der Waals surface area contributed by atoms with Gasteiger partial charge in [0, 0.05) is 12.3 Å². The predicted octanol–water partition coefficient (Wildman–Crippen LogP) is 0.592. The highest BCUT2D eigenvalue weighted by atomic mass is 19.3. The topological polar surface area (TPSA) is 76.0 Å². The molecule has 5 nitrogen and oxygen atoms in total. The van der Waals surface area contributed by atoms with Crippen LogP contribution >= 0.6 is 0 Å². The molecule has 0 aromatic rings. The fraction of sp³-hybridized carbons (Fsp3) is 0.667. The third-order valence-electron chi connectivity index (χ3n) is 2.57. The minimum atomic E-state index is -4.29. The zero-order chi connectivity index (χ0) is 12.4. The Balaban J connectivity index is 3.03. The number of hydrogen-bond acceptors (Lipinski definition) is 4. The van der Waals surface area contributed by atoms with Crippen molar-refractivity contribution >= 4 is 5.97 Å². The van der Waals surface area contributed by atoms with Crippen molar-refractivity contribution in [3.05, 3.63) is 12.7 Å². The molecule has 0 amide bonds. The van der Waals surface area contributed by atoms with Crippen molar-refractivity contribution in [2.24, 2.45) is 5.92 Å². The van der Waals surface area contributed by atoms with Crippen LogP contribution in [0.5, 0.6) is 0 Å². The van der Waals surface area contributed by atoms with Gasteiger partial charge in [0.1, 0.15) is 0 Å². The van der Waals surface area contributed by atoms with Gasteiger partial charge in [-0.1, -0.05) is 6.08 Å². The molecule has 1 fully saturated rings. The molecule has 0 radical (unpaired) electrons. The number of hydrogen-bond donors (Lipinski definition) is 2. The highest BCUT2D eigenvalue weighted by molar-refractivity contribution is 5.77. The van der Waals surface area contributed by atoms with Crippen molar-refractivity contribution in [3.8, 4) is 0 Å². The van der Waals surface area contributed by atoms with Crippen LogP contribution in [0.1, 0.15) is 6.42 Å². The molecule has 0 aliphatic carbocycles. The minimum absolute atomic E-state index is 0.285. The fourth-order valence-corrected chi connectivity index (χ4v) is 1.54. The second-order valence-electron chi connectivity index (χ2n) is 3.56. The lowest BCUT2D eigenvalue weighted by molar-refractivity contribution is -0.248. The first-order valence-electron chi connectivity index (χ1n) is 4.55. The van der Waals surface area contributed by atoms with E-state index in [0.29, 0.717) is 0 Å². The summed E-state index contributed by atoms with van der Waals surface area (Å²) >= 11 is 0. The van der Waals surface area contributed by atoms with E-state index in [1.165, 1.54) is 0 Å². The van der Waals surface area contributed by atoms with Crippen molar-refractivity contribution < 1.29 is 33.6 Å². The smallest absolute Gasteiger partial charge is 0.377 e. The molecule has 1 unspecified atom stereocenters. The Hall–Kier alpha value is -1.05. The van der Waals surface area contributed by atoms with Crippen LogP contribution in [-0.4, -0.2) is 40.9 Å². The second kappa shape index (κ2) is 4.44. The summed E-state index contributed by atoms with van der Waals surface area (Å²) in [5, 5.41) is 18.3. The number of aliphatic hydroxyl groups is 1. The molecular weight excluding hydrogens is 226 g/mol. The molecule has 1 saturated heterocycles. The van der Waals surface area contributed by atoms with Gasteiger partial charge in [-0.3, -0.25) is 0 Å². The van der Waals surface area contributed by atoms with Crippen LogP contribution in [0.3, 0.4) is 0 Å². The van der Waals surface area contributed by atoms with Gasteiger partial charge < -0.3 is 10.2 Å². The lowest BCUT2D eigenvalue weighted by Crippen LogP contribution is -2.58. The number of carbonyl (C=O) groups is 1. The maximum absolute atomic E-state index is 13.4. The van der Waals surface area contributed by atoms with Gasteiger partial charge in [-0.05, 0) is 0 Å². The van der Waals surface area contributed by atoms with E-state index in [-0.39, 0.29) is 13.2 Å². The van der Waals surface area contributed by atoms with Gasteiger partial charge in [-0.25, -0.2) is 14.6 Å². The van der Waals surface area contributed by atoms with Crippen molar-refractivity contribution in [1.82, 2.24) is 0 Å². The minimum Gasteiger partial charge on any atom is -0.477 e.